The van der Waals surface area contributed by atoms with E-state index in [-0.39, 0.29) is 36.4 Å². The molecule has 0 aromatic heterocycles. The van der Waals surface area contributed by atoms with Crippen molar-refractivity contribution in [2.24, 2.45) is 10.9 Å². The third-order valence-electron chi connectivity index (χ3n) is 4.30. The molecule has 0 fully saturated rings. The fraction of sp³-hybridized carbons (Fsp3) is 0.619. The van der Waals surface area contributed by atoms with Crippen molar-refractivity contribution in [2.45, 2.75) is 46.1 Å². The van der Waals surface area contributed by atoms with E-state index < -0.39 is 0 Å². The van der Waals surface area contributed by atoms with Crippen LogP contribution in [0.25, 0.3) is 0 Å². The molecule has 0 bridgehead atoms. The van der Waals surface area contributed by atoms with Gasteiger partial charge in [0.2, 0.25) is 5.91 Å². The smallest absolute Gasteiger partial charge is 0.243 e. The fourth-order valence-electron chi connectivity index (χ4n) is 2.45. The molecular formula is C21H37IN4O2. The predicted molar refractivity (Wildman–Crippen MR) is 128 cm³/mol. The highest BCUT2D eigenvalue weighted by atomic mass is 127. The summed E-state index contributed by atoms with van der Waals surface area (Å²) < 4.78 is 5.19. The highest BCUT2D eigenvalue weighted by molar-refractivity contribution is 14.0. The Morgan fingerprint density at radius 1 is 1.14 bits per heavy atom. The normalized spacial score (nSPS) is 12.2. The topological polar surface area (TPSA) is 66.0 Å². The molecule has 0 aliphatic rings. The molecule has 1 rings (SSSR count). The molecule has 28 heavy (non-hydrogen) atoms. The Labute approximate surface area is 187 Å². The van der Waals surface area contributed by atoms with Gasteiger partial charge in [0.1, 0.15) is 12.3 Å². The van der Waals surface area contributed by atoms with Gasteiger partial charge in [-0.1, -0.05) is 26.0 Å². The van der Waals surface area contributed by atoms with Gasteiger partial charge in [-0.15, -0.1) is 24.0 Å². The molecule has 1 atom stereocenters. The van der Waals surface area contributed by atoms with Crippen LogP contribution in [0.15, 0.2) is 29.3 Å². The number of methoxy groups -OCH3 is 1. The molecule has 6 nitrogen and oxygen atoms in total. The average molecular weight is 504 g/mol. The van der Waals surface area contributed by atoms with Gasteiger partial charge in [-0.3, -0.25) is 4.79 Å². The Kier molecular flexibility index (Phi) is 13.7. The molecule has 1 aromatic rings. The lowest BCUT2D eigenvalue weighted by atomic mass is 10.0. The van der Waals surface area contributed by atoms with Gasteiger partial charge < -0.3 is 20.3 Å². The van der Waals surface area contributed by atoms with E-state index >= 15 is 0 Å². The Balaban J connectivity index is 0.00000729. The number of carbonyl (C=O) groups is 1. The average Bonchev–Trinajstić information content (AvgIpc) is 2.64. The number of rotatable bonds is 10. The molecule has 0 aliphatic heterocycles. The molecule has 7 heteroatoms. The number of carbonyl (C=O) groups excluding carboxylic acids is 1. The van der Waals surface area contributed by atoms with Crippen LogP contribution in [-0.4, -0.2) is 57.1 Å². The van der Waals surface area contributed by atoms with Gasteiger partial charge in [-0.2, -0.15) is 0 Å². The lowest BCUT2D eigenvalue weighted by Gasteiger charge is -2.19. The molecule has 160 valence electrons. The minimum atomic E-state index is -0.0129. The minimum absolute atomic E-state index is 0. The number of guanidine groups is 1. The van der Waals surface area contributed by atoms with Gasteiger partial charge in [0, 0.05) is 26.7 Å². The summed E-state index contributed by atoms with van der Waals surface area (Å²) in [4.78, 5) is 17.9. The highest BCUT2D eigenvalue weighted by Gasteiger charge is 2.09. The van der Waals surface area contributed by atoms with Crippen molar-refractivity contribution in [1.29, 1.82) is 0 Å². The third-order valence-corrected chi connectivity index (χ3v) is 4.30. The van der Waals surface area contributed by atoms with E-state index in [0.717, 1.165) is 31.6 Å². The summed E-state index contributed by atoms with van der Waals surface area (Å²) in [5.41, 5.74) is 1.22. The lowest BCUT2D eigenvalue weighted by molar-refractivity contribution is -0.127. The summed E-state index contributed by atoms with van der Waals surface area (Å²) in [6.07, 6.45) is 3.09. The summed E-state index contributed by atoms with van der Waals surface area (Å²) in [6, 6.07) is 8.35. The van der Waals surface area contributed by atoms with Crippen molar-refractivity contribution < 1.29 is 9.53 Å². The molecule has 1 unspecified atom stereocenters. The Morgan fingerprint density at radius 3 is 2.32 bits per heavy atom. The number of aliphatic imine (C=N–C) groups is 1. The highest BCUT2D eigenvalue weighted by Crippen LogP contribution is 2.11. The molecular weight excluding hydrogens is 467 g/mol. The van der Waals surface area contributed by atoms with Gasteiger partial charge in [-0.05, 0) is 49.8 Å². The molecule has 1 aromatic carbocycles. The number of nitrogens with one attached hydrogen (secondary N) is 2. The molecule has 0 radical (unpaired) electrons. The molecule has 0 aliphatic carbocycles. The van der Waals surface area contributed by atoms with E-state index in [1.54, 1.807) is 26.1 Å². The van der Waals surface area contributed by atoms with Crippen molar-refractivity contribution in [1.82, 2.24) is 15.5 Å². The minimum Gasteiger partial charge on any atom is -0.497 e. The summed E-state index contributed by atoms with van der Waals surface area (Å²) in [7, 11) is 5.15. The van der Waals surface area contributed by atoms with E-state index in [0.29, 0.717) is 17.9 Å². The first-order valence-electron chi connectivity index (χ1n) is 9.69. The van der Waals surface area contributed by atoms with Gasteiger partial charge in [0.15, 0.2) is 5.96 Å². The standard InChI is InChI=1S/C21H36N4O2.HI/c1-16(2)7-8-17(3)24-21(23-15-20(26)25(4)5)22-14-13-18-9-11-19(27-6)12-10-18;/h9-12,16-17H,7-8,13-15H2,1-6H3,(H2,22,23,24);1H. The van der Waals surface area contributed by atoms with Crippen LogP contribution in [0.5, 0.6) is 5.75 Å². The Morgan fingerprint density at radius 2 is 1.79 bits per heavy atom. The zero-order valence-corrected chi connectivity index (χ0v) is 20.4. The van der Waals surface area contributed by atoms with Crippen LogP contribution in [0.1, 0.15) is 39.2 Å². The van der Waals surface area contributed by atoms with Crippen molar-refractivity contribution in [3.05, 3.63) is 29.8 Å². The van der Waals surface area contributed by atoms with Crippen LogP contribution in [-0.2, 0) is 11.2 Å². The van der Waals surface area contributed by atoms with Crippen molar-refractivity contribution in [3.63, 3.8) is 0 Å². The van der Waals surface area contributed by atoms with Crippen molar-refractivity contribution >= 4 is 35.8 Å². The van der Waals surface area contributed by atoms with Crippen LogP contribution in [0.4, 0.5) is 0 Å². The number of nitrogens with zero attached hydrogens (tertiary/aromatic N) is 2. The first-order valence-corrected chi connectivity index (χ1v) is 9.69. The number of likely N-dealkylation sites (N-methyl/N-ethyl adjacent to an activating group) is 1. The largest absolute Gasteiger partial charge is 0.497 e. The quantitative estimate of drug-likeness (QED) is 0.292. The number of halogens is 1. The van der Waals surface area contributed by atoms with Crippen LogP contribution >= 0.6 is 24.0 Å². The maximum Gasteiger partial charge on any atom is 0.243 e. The zero-order chi connectivity index (χ0) is 20.2. The summed E-state index contributed by atoms with van der Waals surface area (Å²) in [6.45, 7) is 7.49. The van der Waals surface area contributed by atoms with Gasteiger partial charge >= 0.3 is 0 Å². The number of amides is 1. The van der Waals surface area contributed by atoms with E-state index in [1.165, 1.54) is 5.56 Å². The molecule has 1 amide bonds. The maximum absolute atomic E-state index is 11.9. The van der Waals surface area contributed by atoms with Gasteiger partial charge in [-0.25, -0.2) is 4.99 Å². The van der Waals surface area contributed by atoms with Crippen LogP contribution in [0.3, 0.4) is 0 Å². The summed E-state index contributed by atoms with van der Waals surface area (Å²) >= 11 is 0. The number of hydrogen-bond acceptors (Lipinski definition) is 3. The molecule has 2 N–H and O–H groups in total. The summed E-state index contributed by atoms with van der Waals surface area (Å²) in [5.74, 6) is 2.21. The fourth-order valence-corrected chi connectivity index (χ4v) is 2.45. The predicted octanol–water partition coefficient (Wildman–Crippen LogP) is 3.30. The number of hydrogen-bond donors (Lipinski definition) is 2. The van der Waals surface area contributed by atoms with Crippen LogP contribution < -0.4 is 15.4 Å². The van der Waals surface area contributed by atoms with Crippen molar-refractivity contribution in [3.8, 4) is 5.75 Å². The number of ether oxygens (including phenoxy) is 1. The second-order valence-electron chi connectivity index (χ2n) is 7.49. The molecule has 0 heterocycles. The zero-order valence-electron chi connectivity index (χ0n) is 18.1. The Hall–Kier alpha value is -1.51. The van der Waals surface area contributed by atoms with E-state index in [4.69, 9.17) is 4.74 Å². The monoisotopic (exact) mass is 504 g/mol. The maximum atomic E-state index is 11.9. The second-order valence-corrected chi connectivity index (χ2v) is 7.49. The van der Waals surface area contributed by atoms with Crippen LogP contribution in [0, 0.1) is 5.92 Å². The first-order chi connectivity index (χ1) is 12.8. The van der Waals surface area contributed by atoms with Gasteiger partial charge in [0.25, 0.3) is 0 Å². The van der Waals surface area contributed by atoms with Crippen molar-refractivity contribution in [2.75, 3.05) is 34.3 Å². The number of benzene rings is 1. The van der Waals surface area contributed by atoms with E-state index in [2.05, 4.69) is 48.5 Å². The SMILES string of the molecule is COc1ccc(CCNC(=NCC(=O)N(C)C)NC(C)CCC(C)C)cc1.I. The van der Waals surface area contributed by atoms with E-state index in [1.807, 2.05) is 12.1 Å². The molecule has 0 spiro atoms. The summed E-state index contributed by atoms with van der Waals surface area (Å²) in [5, 5.41) is 6.77. The van der Waals surface area contributed by atoms with E-state index in [9.17, 15) is 4.79 Å². The lowest BCUT2D eigenvalue weighted by Crippen LogP contribution is -2.43. The molecule has 0 saturated carbocycles. The second kappa shape index (κ2) is 14.5. The van der Waals surface area contributed by atoms with Crippen LogP contribution in [0.2, 0.25) is 0 Å². The Bertz CT molecular complexity index is 589. The third kappa shape index (κ3) is 11.4. The molecule has 0 saturated heterocycles. The first kappa shape index (κ1) is 26.5. The van der Waals surface area contributed by atoms with Gasteiger partial charge in [0.05, 0.1) is 7.11 Å².